The summed E-state index contributed by atoms with van der Waals surface area (Å²) in [6, 6.07) is 77.8. The second-order valence-corrected chi connectivity index (χ2v) is 22.7. The van der Waals surface area contributed by atoms with Gasteiger partial charge in [-0.05, 0) is 122 Å². The first-order valence-electron chi connectivity index (χ1n) is 27.8. The number of nitrogens with zero attached hydrogens (tertiary/aromatic N) is 8. The zero-order valence-electron chi connectivity index (χ0n) is 46.7. The summed E-state index contributed by atoms with van der Waals surface area (Å²) in [5, 5.41) is 2.22. The Labute approximate surface area is 486 Å². The summed E-state index contributed by atoms with van der Waals surface area (Å²) < 4.78 is 9.06. The van der Waals surface area contributed by atoms with Crippen molar-refractivity contribution >= 4 is 44.6 Å². The van der Waals surface area contributed by atoms with Gasteiger partial charge in [-0.1, -0.05) is 148 Å². The van der Waals surface area contributed by atoms with Crippen molar-refractivity contribution in [3.05, 3.63) is 247 Å². The molecule has 0 bridgehead atoms. The predicted molar refractivity (Wildman–Crippen MR) is 323 cm³/mol. The molecule has 3 aliphatic rings. The average molecular weight is 1230 g/mol. The van der Waals surface area contributed by atoms with Gasteiger partial charge in [-0.25, -0.2) is 4.98 Å². The Kier molecular flexibility index (Phi) is 14.2. The van der Waals surface area contributed by atoms with Gasteiger partial charge in [-0.15, -0.1) is 48.1 Å². The molecule has 0 atom stereocenters. The van der Waals surface area contributed by atoms with Gasteiger partial charge in [-0.2, -0.15) is 12.1 Å². The van der Waals surface area contributed by atoms with Crippen LogP contribution in [0.25, 0.3) is 38.8 Å². The van der Waals surface area contributed by atoms with Crippen LogP contribution in [-0.2, 0) is 37.8 Å². The van der Waals surface area contributed by atoms with E-state index in [1.807, 2.05) is 18.3 Å². The molecule has 0 radical (unpaired) electrons. The first-order chi connectivity index (χ1) is 38.5. The summed E-state index contributed by atoms with van der Waals surface area (Å²) in [7, 11) is 9.27. The van der Waals surface area contributed by atoms with Crippen LogP contribution in [-0.4, -0.2) is 83.5 Å². The van der Waals surface area contributed by atoms with Gasteiger partial charge in [0.1, 0.15) is 17.1 Å². The van der Waals surface area contributed by atoms with Gasteiger partial charge in [0.05, 0.1) is 0 Å². The molecule has 5 heterocycles. The molecule has 0 saturated carbocycles. The molecule has 9 nitrogen and oxygen atoms in total. The van der Waals surface area contributed by atoms with Crippen LogP contribution in [0.5, 0.6) is 11.5 Å². The molecular formula is C70H67N8OPt-3. The van der Waals surface area contributed by atoms with Gasteiger partial charge >= 0.3 is 0 Å². The monoisotopic (exact) mass is 1230 g/mol. The van der Waals surface area contributed by atoms with Gasteiger partial charge in [0.15, 0.2) is 0 Å². The Morgan fingerprint density at radius 3 is 1.65 bits per heavy atom. The van der Waals surface area contributed by atoms with Crippen LogP contribution in [0.15, 0.2) is 200 Å². The van der Waals surface area contributed by atoms with Crippen molar-refractivity contribution in [3.63, 3.8) is 0 Å². The largest absolute Gasteiger partial charge is 0.509 e. The summed E-state index contributed by atoms with van der Waals surface area (Å²) in [6.07, 6.45) is 4.02. The third-order valence-corrected chi connectivity index (χ3v) is 17.0. The SMILES string of the molecule is CN1CCCN(C)C1(c1ccccc1)c1cc(-c2ccccc2)cc(C2(c3ccccc3)N(C)CCCN2C)c1N1[CH-]N(c2[c-]c(Oc3[c-]c4c(cc3)c3ccccc3n4-c3cc(C(C)(C)C)ccn3)ccc2)c2ccccc21.[Pt]. The molecule has 2 aromatic heterocycles. The smallest absolute Gasteiger partial charge is 0.135 e. The van der Waals surface area contributed by atoms with Crippen LogP contribution in [0.1, 0.15) is 61.4 Å². The van der Waals surface area contributed by atoms with Crippen molar-refractivity contribution in [1.29, 1.82) is 0 Å². The first-order valence-corrected chi connectivity index (χ1v) is 27.8. The second kappa shape index (κ2) is 21.3. The van der Waals surface area contributed by atoms with Crippen molar-refractivity contribution in [1.82, 2.24) is 29.2 Å². The number of anilines is 4. The molecular weight excluding hydrogens is 1160 g/mol. The van der Waals surface area contributed by atoms with E-state index in [0.29, 0.717) is 11.5 Å². The molecule has 0 amide bonds. The molecule has 2 saturated heterocycles. The van der Waals surface area contributed by atoms with Gasteiger partial charge in [0, 0.05) is 98.6 Å². The minimum absolute atomic E-state index is 0. The molecule has 3 aliphatic heterocycles. The Morgan fingerprint density at radius 2 is 1.05 bits per heavy atom. The summed E-state index contributed by atoms with van der Waals surface area (Å²) in [5.74, 6) is 2.03. The first kappa shape index (κ1) is 53.3. The summed E-state index contributed by atoms with van der Waals surface area (Å²) in [4.78, 5) is 20.1. The van der Waals surface area contributed by atoms with E-state index >= 15 is 0 Å². The second-order valence-electron chi connectivity index (χ2n) is 22.7. The number of ether oxygens (including phenoxy) is 1. The van der Waals surface area contributed by atoms with Crippen molar-refractivity contribution in [3.8, 4) is 28.4 Å². The van der Waals surface area contributed by atoms with Crippen molar-refractivity contribution < 1.29 is 25.8 Å². The number of hydrogen-bond donors (Lipinski definition) is 0. The summed E-state index contributed by atoms with van der Waals surface area (Å²) in [6.45, 7) is 12.7. The Bertz CT molecular complexity index is 3750. The summed E-state index contributed by atoms with van der Waals surface area (Å²) >= 11 is 0. The van der Waals surface area contributed by atoms with Crippen molar-refractivity contribution in [2.45, 2.75) is 50.4 Å². The Hall–Kier alpha value is -7.36. The third kappa shape index (κ3) is 8.77. The zero-order valence-corrected chi connectivity index (χ0v) is 48.9. The average Bonchev–Trinajstić information content (AvgIpc) is 3.04. The molecule has 406 valence electrons. The zero-order chi connectivity index (χ0) is 54.0. The number of aromatic nitrogens is 2. The van der Waals surface area contributed by atoms with Gasteiger partial charge < -0.3 is 19.1 Å². The molecule has 10 aromatic rings. The molecule has 8 aromatic carbocycles. The maximum Gasteiger partial charge on any atom is 0.135 e. The van der Waals surface area contributed by atoms with E-state index in [9.17, 15) is 0 Å². The maximum atomic E-state index is 6.85. The minimum atomic E-state index is -0.678. The quantitative estimate of drug-likeness (QED) is 0.126. The van der Waals surface area contributed by atoms with Crippen LogP contribution in [0.3, 0.4) is 0 Å². The maximum absolute atomic E-state index is 6.85. The van der Waals surface area contributed by atoms with E-state index in [0.717, 1.165) is 89.4 Å². The van der Waals surface area contributed by atoms with Crippen molar-refractivity contribution in [2.24, 2.45) is 0 Å². The topological polar surface area (TPSA) is 46.5 Å². The van der Waals surface area contributed by atoms with E-state index in [-0.39, 0.29) is 26.5 Å². The van der Waals surface area contributed by atoms with Crippen LogP contribution in [0, 0.1) is 18.8 Å². The number of benzene rings is 8. The molecule has 2 fully saturated rings. The fourth-order valence-corrected chi connectivity index (χ4v) is 13.3. The number of para-hydroxylation sites is 3. The van der Waals surface area contributed by atoms with Gasteiger partial charge in [-0.3, -0.25) is 19.6 Å². The standard InChI is InChI=1S/C70H67N8O.Pt/c1-68(2,3)54-38-39-71-66(46-54)78-62-33-18-17-32-58(62)59-37-36-57(48-65(59)78)79-56-31-21-30-55(47-56)76-49-77(64-35-20-19-34-63(64)76)67-60(69(52-26-13-9-14-27-52)72(4)40-22-41-73(69)5)44-51(50-24-11-8-12-25-50)45-61(67)70(53-28-15-10-16-29-53)74(6)42-23-43-75(70)7;/h8-21,24-39,44-46,49H,22-23,40-43H2,1-7H3;/q-3;. The Balaban J connectivity index is 0.00000637. The normalized spacial score (nSPS) is 16.9. The summed E-state index contributed by atoms with van der Waals surface area (Å²) in [5.41, 5.74) is 13.1. The van der Waals surface area contributed by atoms with Crippen LogP contribution in [0.2, 0.25) is 0 Å². The molecule has 0 spiro atoms. The van der Waals surface area contributed by atoms with E-state index in [4.69, 9.17) is 9.72 Å². The number of fused-ring (bicyclic) bond motifs is 4. The molecule has 10 heteroatoms. The van der Waals surface area contributed by atoms with Gasteiger partial charge in [0.25, 0.3) is 0 Å². The third-order valence-electron chi connectivity index (χ3n) is 17.0. The number of pyridine rings is 1. The molecule has 0 N–H and O–H groups in total. The van der Waals surface area contributed by atoms with E-state index in [1.54, 1.807) is 0 Å². The van der Waals surface area contributed by atoms with Gasteiger partial charge in [0.2, 0.25) is 0 Å². The van der Waals surface area contributed by atoms with E-state index in [1.165, 1.54) is 38.9 Å². The molecule has 13 rings (SSSR count). The van der Waals surface area contributed by atoms with Crippen molar-refractivity contribution in [2.75, 3.05) is 64.2 Å². The van der Waals surface area contributed by atoms with Crippen LogP contribution in [0.4, 0.5) is 22.7 Å². The van der Waals surface area contributed by atoms with E-state index in [2.05, 4.69) is 284 Å². The van der Waals surface area contributed by atoms with E-state index < -0.39 is 11.3 Å². The predicted octanol–water partition coefficient (Wildman–Crippen LogP) is 14.9. The fourth-order valence-electron chi connectivity index (χ4n) is 13.3. The Morgan fingerprint density at radius 1 is 0.512 bits per heavy atom. The minimum Gasteiger partial charge on any atom is -0.509 e. The molecule has 80 heavy (non-hydrogen) atoms. The van der Waals surface area contributed by atoms with Crippen LogP contribution >= 0.6 is 0 Å². The molecule has 0 unspecified atom stereocenters. The number of rotatable bonds is 10. The fraction of sp³-hybridized carbons (Fsp3) is 0.229. The van der Waals surface area contributed by atoms with Crippen LogP contribution < -0.4 is 14.5 Å². The molecule has 0 aliphatic carbocycles. The number of hydrogen-bond acceptors (Lipinski definition) is 8.